The first-order valence-electron chi connectivity index (χ1n) is 7.17. The first-order valence-corrected chi connectivity index (χ1v) is 7.96. The van der Waals surface area contributed by atoms with E-state index < -0.39 is 11.6 Å². The lowest BCUT2D eigenvalue weighted by atomic mass is 10.1. The van der Waals surface area contributed by atoms with E-state index in [9.17, 15) is 9.59 Å². The number of fused-ring (bicyclic) bond motifs is 1. The average molecular weight is 392 g/mol. The van der Waals surface area contributed by atoms with E-state index in [4.69, 9.17) is 0 Å². The van der Waals surface area contributed by atoms with Crippen LogP contribution in [0.25, 0.3) is 5.65 Å². The molecule has 1 amide bonds. The Hall–Kier alpha value is -2.62. The Morgan fingerprint density at radius 2 is 2.21 bits per heavy atom. The Balaban J connectivity index is 1.96. The molecule has 0 unspecified atom stereocenters. The van der Waals surface area contributed by atoms with Gasteiger partial charge in [-0.1, -0.05) is 13.8 Å². The van der Waals surface area contributed by atoms with E-state index in [1.54, 1.807) is 12.3 Å². The second-order valence-electron chi connectivity index (χ2n) is 5.38. The number of rotatable bonds is 4. The van der Waals surface area contributed by atoms with Crippen LogP contribution in [-0.2, 0) is 11.3 Å². The van der Waals surface area contributed by atoms with Gasteiger partial charge in [0.25, 0.3) is 0 Å². The lowest BCUT2D eigenvalue weighted by Crippen LogP contribution is -2.34. The maximum Gasteiger partial charge on any atom is 0.350 e. The summed E-state index contributed by atoms with van der Waals surface area (Å²) in [5.41, 5.74) is 0.676. The van der Waals surface area contributed by atoms with Crippen LogP contribution in [0.2, 0.25) is 0 Å². The van der Waals surface area contributed by atoms with Crippen molar-refractivity contribution in [1.29, 1.82) is 0 Å². The largest absolute Gasteiger partial charge is 0.350 e. The number of imidazole rings is 1. The highest BCUT2D eigenvalue weighted by Crippen LogP contribution is 2.18. The van der Waals surface area contributed by atoms with Crippen LogP contribution in [0.4, 0.5) is 5.82 Å². The molecule has 9 nitrogen and oxygen atoms in total. The fraction of sp³-hybridized carbons (Fsp3) is 0.286. The van der Waals surface area contributed by atoms with Gasteiger partial charge < -0.3 is 5.32 Å². The minimum Gasteiger partial charge on any atom is -0.309 e. The topological polar surface area (TPSA) is 107 Å². The molecule has 3 aromatic heterocycles. The number of nitrogens with zero attached hydrogens (tertiary/aromatic N) is 6. The molecule has 124 valence electrons. The summed E-state index contributed by atoms with van der Waals surface area (Å²) >= 11 is 3.26. The maximum absolute atomic E-state index is 12.5. The van der Waals surface area contributed by atoms with Crippen molar-refractivity contribution in [2.45, 2.75) is 26.3 Å². The number of amides is 1. The van der Waals surface area contributed by atoms with E-state index in [2.05, 4.69) is 41.3 Å². The molecule has 0 bridgehead atoms. The summed E-state index contributed by atoms with van der Waals surface area (Å²) in [7, 11) is 0. The zero-order valence-electron chi connectivity index (χ0n) is 13.0. The molecule has 3 aromatic rings. The van der Waals surface area contributed by atoms with Crippen LogP contribution in [0.1, 0.15) is 25.5 Å². The lowest BCUT2D eigenvalue weighted by molar-refractivity contribution is -0.117. The smallest absolute Gasteiger partial charge is 0.309 e. The van der Waals surface area contributed by atoms with E-state index >= 15 is 0 Å². The third-order valence-electron chi connectivity index (χ3n) is 3.25. The zero-order valence-corrected chi connectivity index (χ0v) is 14.6. The minimum absolute atomic E-state index is 0.0403. The second kappa shape index (κ2) is 6.48. The standard InChI is InChI=1S/C14H14BrN7O2/c1-8(2)12-13-18-9(15)5-21(13)14(24)22(20-12)6-11(23)19-10-3-4-16-7-17-10/h3-5,7-8H,6H2,1-2H3,(H,16,17,19,23). The highest BCUT2D eigenvalue weighted by atomic mass is 79.9. The van der Waals surface area contributed by atoms with E-state index in [0.717, 1.165) is 4.68 Å². The van der Waals surface area contributed by atoms with Crippen molar-refractivity contribution >= 4 is 33.3 Å². The number of carbonyl (C=O) groups is 1. The van der Waals surface area contributed by atoms with Crippen LogP contribution < -0.4 is 11.0 Å². The number of nitrogens with one attached hydrogen (secondary N) is 1. The minimum atomic E-state index is -0.439. The molecule has 10 heteroatoms. The predicted octanol–water partition coefficient (Wildman–Crippen LogP) is 1.21. The molecule has 3 heterocycles. The number of carbonyl (C=O) groups excluding carboxylic acids is 1. The molecule has 0 spiro atoms. The highest BCUT2D eigenvalue weighted by Gasteiger charge is 2.17. The van der Waals surface area contributed by atoms with Crippen molar-refractivity contribution in [2.24, 2.45) is 0 Å². The predicted molar refractivity (Wildman–Crippen MR) is 89.7 cm³/mol. The Kier molecular flexibility index (Phi) is 4.38. The normalized spacial score (nSPS) is 11.2. The van der Waals surface area contributed by atoms with Crippen LogP contribution in [-0.4, -0.2) is 35.0 Å². The van der Waals surface area contributed by atoms with Crippen molar-refractivity contribution in [1.82, 2.24) is 29.1 Å². The first-order chi connectivity index (χ1) is 11.5. The highest BCUT2D eigenvalue weighted by molar-refractivity contribution is 9.10. The van der Waals surface area contributed by atoms with E-state index in [0.29, 0.717) is 21.8 Å². The molecule has 1 N–H and O–H groups in total. The average Bonchev–Trinajstić information content (AvgIpc) is 2.92. The molecule has 0 atom stereocenters. The number of hydrogen-bond acceptors (Lipinski definition) is 6. The van der Waals surface area contributed by atoms with Gasteiger partial charge in [-0.2, -0.15) is 5.10 Å². The SMILES string of the molecule is CC(C)c1nn(CC(=O)Nc2ccncn2)c(=O)n2cc(Br)nc12. The third kappa shape index (κ3) is 3.18. The summed E-state index contributed by atoms with van der Waals surface area (Å²) in [6.45, 7) is 3.66. The Morgan fingerprint density at radius 3 is 2.88 bits per heavy atom. The molecule has 0 aliphatic rings. The lowest BCUT2D eigenvalue weighted by Gasteiger charge is -2.11. The molecule has 0 aliphatic carbocycles. The maximum atomic E-state index is 12.5. The first kappa shape index (κ1) is 16.2. The summed E-state index contributed by atoms with van der Waals surface area (Å²) in [5.74, 6) is -0.00584. The van der Waals surface area contributed by atoms with E-state index in [1.165, 1.54) is 16.9 Å². The number of anilines is 1. The molecule has 0 saturated heterocycles. The number of aromatic nitrogens is 6. The van der Waals surface area contributed by atoms with Crippen LogP contribution >= 0.6 is 15.9 Å². The van der Waals surface area contributed by atoms with Gasteiger partial charge in [-0.05, 0) is 22.0 Å². The molecule has 0 saturated carbocycles. The summed E-state index contributed by atoms with van der Waals surface area (Å²) in [6, 6.07) is 1.56. The van der Waals surface area contributed by atoms with Gasteiger partial charge in [-0.25, -0.2) is 28.8 Å². The Bertz CT molecular complexity index is 949. The quantitative estimate of drug-likeness (QED) is 0.715. The molecule has 0 radical (unpaired) electrons. The second-order valence-corrected chi connectivity index (χ2v) is 6.19. The van der Waals surface area contributed by atoms with Crippen LogP contribution in [0.15, 0.2) is 34.2 Å². The molecule has 3 rings (SSSR count). The van der Waals surface area contributed by atoms with Crippen molar-refractivity contribution in [3.05, 3.63) is 45.6 Å². The third-order valence-corrected chi connectivity index (χ3v) is 3.63. The monoisotopic (exact) mass is 391 g/mol. The number of halogens is 1. The summed E-state index contributed by atoms with van der Waals surface area (Å²) in [5, 5.41) is 6.90. The van der Waals surface area contributed by atoms with Crippen molar-refractivity contribution in [3.8, 4) is 0 Å². The number of hydrogen-bond donors (Lipinski definition) is 1. The van der Waals surface area contributed by atoms with Gasteiger partial charge in [0.1, 0.15) is 29.0 Å². The van der Waals surface area contributed by atoms with Crippen LogP contribution in [0.3, 0.4) is 0 Å². The summed E-state index contributed by atoms with van der Waals surface area (Å²) in [6.07, 6.45) is 4.40. The van der Waals surface area contributed by atoms with Crippen LogP contribution in [0, 0.1) is 0 Å². The van der Waals surface area contributed by atoms with Gasteiger partial charge in [0.2, 0.25) is 5.91 Å². The molecule has 0 fully saturated rings. The van der Waals surface area contributed by atoms with Gasteiger partial charge >= 0.3 is 5.69 Å². The molecule has 0 aliphatic heterocycles. The fourth-order valence-corrected chi connectivity index (χ4v) is 2.55. The Labute approximate surface area is 144 Å². The molecule has 24 heavy (non-hydrogen) atoms. The Morgan fingerprint density at radius 1 is 1.42 bits per heavy atom. The van der Waals surface area contributed by atoms with Crippen LogP contribution in [0.5, 0.6) is 0 Å². The molecule has 0 aromatic carbocycles. The van der Waals surface area contributed by atoms with Gasteiger partial charge in [0.05, 0.1) is 0 Å². The molecular weight excluding hydrogens is 378 g/mol. The fourth-order valence-electron chi connectivity index (χ4n) is 2.18. The van der Waals surface area contributed by atoms with Gasteiger partial charge in [0, 0.05) is 18.3 Å². The zero-order chi connectivity index (χ0) is 17.3. The molecular formula is C14H14BrN7O2. The van der Waals surface area contributed by atoms with Gasteiger partial charge in [-0.15, -0.1) is 0 Å². The van der Waals surface area contributed by atoms with Crippen molar-refractivity contribution in [2.75, 3.05) is 5.32 Å². The van der Waals surface area contributed by atoms with Crippen molar-refractivity contribution in [3.63, 3.8) is 0 Å². The van der Waals surface area contributed by atoms with Gasteiger partial charge in [0.15, 0.2) is 5.65 Å². The summed E-state index contributed by atoms with van der Waals surface area (Å²) < 4.78 is 3.03. The van der Waals surface area contributed by atoms with Crippen molar-refractivity contribution < 1.29 is 4.79 Å². The van der Waals surface area contributed by atoms with E-state index in [1.807, 2.05) is 13.8 Å². The van der Waals surface area contributed by atoms with E-state index in [-0.39, 0.29) is 12.5 Å². The van der Waals surface area contributed by atoms with Gasteiger partial charge in [-0.3, -0.25) is 4.79 Å². The summed E-state index contributed by atoms with van der Waals surface area (Å²) in [4.78, 5) is 36.6.